The molecule has 0 atom stereocenters. The van der Waals surface area contributed by atoms with Gasteiger partial charge in [-0.15, -0.1) is 0 Å². The van der Waals surface area contributed by atoms with Gasteiger partial charge in [0.05, 0.1) is 5.75 Å². The predicted octanol–water partition coefficient (Wildman–Crippen LogP) is 2.00. The average Bonchev–Trinajstić information content (AvgIpc) is 3.15. The fraction of sp³-hybridized carbons (Fsp3) is 0.333. The van der Waals surface area contributed by atoms with E-state index >= 15 is 0 Å². The molecular weight excluding hydrogens is 402 g/mol. The van der Waals surface area contributed by atoms with Crippen LogP contribution in [0.5, 0.6) is 0 Å². The number of aromatic nitrogens is 4. The van der Waals surface area contributed by atoms with Crippen molar-refractivity contribution in [3.63, 3.8) is 0 Å². The molecule has 0 aliphatic carbocycles. The maximum atomic E-state index is 12.9. The van der Waals surface area contributed by atoms with Crippen LogP contribution in [0.2, 0.25) is 0 Å². The fourth-order valence-electron chi connectivity index (χ4n) is 3.13. The first kappa shape index (κ1) is 21.6. The van der Waals surface area contributed by atoms with Gasteiger partial charge in [0.2, 0.25) is 0 Å². The van der Waals surface area contributed by atoms with Crippen LogP contribution in [-0.4, -0.2) is 30.2 Å². The summed E-state index contributed by atoms with van der Waals surface area (Å²) in [5, 5.41) is 0.665. The third-order valence-corrected chi connectivity index (χ3v) is 5.62. The molecule has 3 aromatic rings. The van der Waals surface area contributed by atoms with Crippen LogP contribution in [0.1, 0.15) is 29.8 Å². The molecule has 2 N–H and O–H groups in total. The van der Waals surface area contributed by atoms with E-state index in [1.54, 1.807) is 6.20 Å². The van der Waals surface area contributed by atoms with E-state index < -0.39 is 17.0 Å². The minimum Gasteiger partial charge on any atom is -0.384 e. The zero-order valence-corrected chi connectivity index (χ0v) is 18.1. The van der Waals surface area contributed by atoms with Crippen LogP contribution in [0.4, 0.5) is 5.82 Å². The lowest BCUT2D eigenvalue weighted by Crippen LogP contribution is -2.43. The highest BCUT2D eigenvalue weighted by atomic mass is 32.2. The molecular formula is C21H25N5O3S. The number of nitrogen functional groups attached to an aromatic ring is 1. The van der Waals surface area contributed by atoms with Crippen molar-refractivity contribution in [2.24, 2.45) is 13.0 Å². The van der Waals surface area contributed by atoms with Crippen molar-refractivity contribution in [3.05, 3.63) is 74.7 Å². The van der Waals surface area contributed by atoms with E-state index in [2.05, 4.69) is 4.98 Å². The Morgan fingerprint density at radius 1 is 1.20 bits per heavy atom. The fourth-order valence-corrected chi connectivity index (χ4v) is 3.96. The molecule has 0 saturated carbocycles. The van der Waals surface area contributed by atoms with Gasteiger partial charge in [-0.25, -0.2) is 9.78 Å². The van der Waals surface area contributed by atoms with Gasteiger partial charge < -0.3 is 10.3 Å². The second kappa shape index (κ2) is 9.17. The Hall–Kier alpha value is -3.07. The van der Waals surface area contributed by atoms with E-state index in [0.29, 0.717) is 18.2 Å². The summed E-state index contributed by atoms with van der Waals surface area (Å²) in [6, 6.07) is 9.92. The van der Waals surface area contributed by atoms with Gasteiger partial charge in [0.15, 0.2) is 10.9 Å². The van der Waals surface area contributed by atoms with E-state index in [1.165, 1.54) is 23.4 Å². The van der Waals surface area contributed by atoms with Gasteiger partial charge in [-0.05, 0) is 11.5 Å². The molecule has 0 amide bonds. The molecule has 0 unspecified atom stereocenters. The summed E-state index contributed by atoms with van der Waals surface area (Å²) >= 11 is 1.23. The number of rotatable bonds is 8. The van der Waals surface area contributed by atoms with Gasteiger partial charge in [-0.2, -0.15) is 0 Å². The van der Waals surface area contributed by atoms with Gasteiger partial charge in [-0.1, -0.05) is 55.9 Å². The van der Waals surface area contributed by atoms with Gasteiger partial charge in [0, 0.05) is 32.5 Å². The van der Waals surface area contributed by atoms with Crippen LogP contribution in [0.15, 0.2) is 57.5 Å². The highest BCUT2D eigenvalue weighted by Gasteiger charge is 2.22. The van der Waals surface area contributed by atoms with Crippen molar-refractivity contribution < 1.29 is 4.79 Å². The minimum atomic E-state index is -0.671. The Balaban J connectivity index is 1.83. The van der Waals surface area contributed by atoms with Gasteiger partial charge in [-0.3, -0.25) is 18.7 Å². The molecule has 0 aliphatic rings. The monoisotopic (exact) mass is 427 g/mol. The van der Waals surface area contributed by atoms with Crippen LogP contribution in [0.3, 0.4) is 0 Å². The van der Waals surface area contributed by atoms with Crippen molar-refractivity contribution in [1.82, 2.24) is 18.7 Å². The summed E-state index contributed by atoms with van der Waals surface area (Å²) in [7, 11) is 1.36. The normalized spacial score (nSPS) is 11.2. The number of anilines is 1. The lowest BCUT2D eigenvalue weighted by Gasteiger charge is -2.16. The van der Waals surface area contributed by atoms with E-state index in [4.69, 9.17) is 5.73 Å². The molecule has 1 aromatic carbocycles. The number of nitrogens with zero attached hydrogens (tertiary/aromatic N) is 4. The van der Waals surface area contributed by atoms with Crippen molar-refractivity contribution in [2.45, 2.75) is 32.1 Å². The van der Waals surface area contributed by atoms with Crippen LogP contribution in [-0.2, 0) is 20.1 Å². The molecule has 30 heavy (non-hydrogen) atoms. The predicted molar refractivity (Wildman–Crippen MR) is 118 cm³/mol. The minimum absolute atomic E-state index is 0.00880. The molecule has 2 heterocycles. The maximum absolute atomic E-state index is 12.9. The number of nitrogens with two attached hydrogens (primary N) is 1. The van der Waals surface area contributed by atoms with Gasteiger partial charge in [0.25, 0.3) is 5.56 Å². The number of ketones is 1. The third kappa shape index (κ3) is 4.56. The number of carbonyl (C=O) groups is 1. The van der Waals surface area contributed by atoms with Crippen molar-refractivity contribution in [3.8, 4) is 0 Å². The Bertz CT molecular complexity index is 1160. The molecule has 158 valence electrons. The molecule has 0 fully saturated rings. The topological polar surface area (TPSA) is 105 Å². The zero-order valence-electron chi connectivity index (χ0n) is 17.2. The van der Waals surface area contributed by atoms with Crippen LogP contribution < -0.4 is 17.0 Å². The van der Waals surface area contributed by atoms with Gasteiger partial charge >= 0.3 is 5.69 Å². The summed E-state index contributed by atoms with van der Waals surface area (Å²) in [6.07, 6.45) is 3.52. The van der Waals surface area contributed by atoms with Crippen LogP contribution >= 0.6 is 11.8 Å². The Morgan fingerprint density at radius 2 is 1.90 bits per heavy atom. The lowest BCUT2D eigenvalue weighted by atomic mass is 10.2. The Labute approximate surface area is 178 Å². The first-order valence-corrected chi connectivity index (χ1v) is 10.6. The van der Waals surface area contributed by atoms with Crippen molar-refractivity contribution >= 4 is 23.4 Å². The second-order valence-electron chi connectivity index (χ2n) is 7.45. The molecule has 3 rings (SSSR count). The number of carbonyl (C=O) groups excluding carboxylic acids is 1. The first-order chi connectivity index (χ1) is 14.3. The maximum Gasteiger partial charge on any atom is 0.332 e. The zero-order chi connectivity index (χ0) is 21.8. The number of Topliss-reactive ketones (excluding diaryl/α,β-unsaturated/α-hetero) is 1. The highest BCUT2D eigenvalue weighted by Crippen LogP contribution is 2.19. The molecule has 9 heteroatoms. The van der Waals surface area contributed by atoms with Gasteiger partial charge in [0.1, 0.15) is 11.4 Å². The largest absolute Gasteiger partial charge is 0.384 e. The molecule has 0 spiro atoms. The Morgan fingerprint density at radius 3 is 2.57 bits per heavy atom. The number of thioether (sulfide) groups is 1. The summed E-state index contributed by atoms with van der Waals surface area (Å²) in [5.74, 6) is -0.379. The average molecular weight is 428 g/mol. The van der Waals surface area contributed by atoms with E-state index in [9.17, 15) is 14.4 Å². The number of imidazole rings is 1. The molecule has 0 aliphatic heterocycles. The molecule has 2 aromatic heterocycles. The van der Waals surface area contributed by atoms with E-state index in [-0.39, 0.29) is 23.1 Å². The van der Waals surface area contributed by atoms with E-state index in [1.807, 2.05) is 54.9 Å². The smallest absolute Gasteiger partial charge is 0.332 e. The number of hydrogen-bond acceptors (Lipinski definition) is 6. The summed E-state index contributed by atoms with van der Waals surface area (Å²) in [6.45, 7) is 4.82. The van der Waals surface area contributed by atoms with Crippen molar-refractivity contribution in [1.29, 1.82) is 0 Å². The quantitative estimate of drug-likeness (QED) is 0.435. The number of hydrogen-bond donors (Lipinski definition) is 1. The van der Waals surface area contributed by atoms with Crippen LogP contribution in [0.25, 0.3) is 0 Å². The molecule has 0 saturated heterocycles. The van der Waals surface area contributed by atoms with Crippen molar-refractivity contribution in [2.75, 3.05) is 11.5 Å². The first-order valence-electron chi connectivity index (χ1n) is 9.60. The molecule has 8 nitrogen and oxygen atoms in total. The van der Waals surface area contributed by atoms with Crippen LogP contribution in [0, 0.1) is 5.92 Å². The lowest BCUT2D eigenvalue weighted by molar-refractivity contribution is 0.102. The SMILES string of the molecule is CC(C)Cn1c(N)c(C(=O)CSc2nccn2Cc2ccccc2)c(=O)n(C)c1=O. The van der Waals surface area contributed by atoms with E-state index in [0.717, 1.165) is 10.1 Å². The Kier molecular flexibility index (Phi) is 6.61. The molecule has 0 bridgehead atoms. The summed E-state index contributed by atoms with van der Waals surface area (Å²) < 4.78 is 4.17. The summed E-state index contributed by atoms with van der Waals surface area (Å²) in [5.41, 5.74) is 5.86. The number of benzene rings is 1. The standard InChI is InChI=1S/C21H25N5O3S/c1-14(2)11-26-18(22)17(19(28)24(3)21(26)29)16(27)13-30-20-23-9-10-25(20)12-15-7-5-4-6-8-15/h4-10,14H,11-13,22H2,1-3H3. The highest BCUT2D eigenvalue weighted by molar-refractivity contribution is 7.99. The second-order valence-corrected chi connectivity index (χ2v) is 8.39. The summed E-state index contributed by atoms with van der Waals surface area (Å²) in [4.78, 5) is 42.2. The third-order valence-electron chi connectivity index (χ3n) is 4.62. The molecule has 0 radical (unpaired) electrons.